The molecular weight excluding hydrogens is 414 g/mol. The van der Waals surface area contributed by atoms with Gasteiger partial charge in [-0.15, -0.1) is 0 Å². The molecule has 0 atom stereocenters. The summed E-state index contributed by atoms with van der Waals surface area (Å²) in [5, 5.41) is 0.522. The zero-order valence-electron chi connectivity index (χ0n) is 18.0. The molecule has 7 heteroatoms. The first-order valence-corrected chi connectivity index (χ1v) is 10.8. The normalized spacial score (nSPS) is 17.7. The quantitative estimate of drug-likeness (QED) is 0.666. The minimum absolute atomic E-state index is 0.307. The molecule has 0 unspecified atom stereocenters. The summed E-state index contributed by atoms with van der Waals surface area (Å²) in [5.74, 6) is 0.0910. The Morgan fingerprint density at radius 1 is 0.968 bits per heavy atom. The highest BCUT2D eigenvalue weighted by Crippen LogP contribution is 2.36. The molecule has 2 heterocycles. The van der Waals surface area contributed by atoms with Crippen molar-refractivity contribution in [3.63, 3.8) is 0 Å². The molecule has 0 spiro atoms. The van der Waals surface area contributed by atoms with Crippen molar-refractivity contribution in [3.05, 3.63) is 64.3 Å². The molecule has 2 aromatic rings. The molecule has 6 nitrogen and oxygen atoms in total. The second kappa shape index (κ2) is 8.73. The van der Waals surface area contributed by atoms with Gasteiger partial charge in [-0.05, 0) is 56.3 Å². The van der Waals surface area contributed by atoms with Gasteiger partial charge in [0, 0.05) is 31.2 Å². The Hall–Kier alpha value is -2.83. The zero-order chi connectivity index (χ0) is 22.1. The maximum Gasteiger partial charge on any atom is 0.282 e. The van der Waals surface area contributed by atoms with Gasteiger partial charge in [0.05, 0.1) is 17.9 Å². The molecule has 2 aliphatic heterocycles. The van der Waals surface area contributed by atoms with E-state index in [2.05, 4.69) is 11.9 Å². The van der Waals surface area contributed by atoms with Crippen molar-refractivity contribution < 1.29 is 14.3 Å². The van der Waals surface area contributed by atoms with E-state index >= 15 is 0 Å². The third-order valence-electron chi connectivity index (χ3n) is 5.75. The fourth-order valence-corrected chi connectivity index (χ4v) is 4.12. The van der Waals surface area contributed by atoms with Crippen LogP contribution in [0, 0.1) is 6.92 Å². The molecule has 2 amide bonds. The number of hydrogen-bond acceptors (Lipinski definition) is 5. The summed E-state index contributed by atoms with van der Waals surface area (Å²) in [6.07, 6.45) is 0. The van der Waals surface area contributed by atoms with Gasteiger partial charge in [-0.1, -0.05) is 29.8 Å². The fraction of sp³-hybridized carbons (Fsp3) is 0.333. The van der Waals surface area contributed by atoms with Crippen LogP contribution in [0.15, 0.2) is 48.2 Å². The van der Waals surface area contributed by atoms with E-state index in [1.54, 1.807) is 12.1 Å². The Balaban J connectivity index is 1.78. The van der Waals surface area contributed by atoms with Gasteiger partial charge in [-0.25, -0.2) is 4.90 Å². The van der Waals surface area contributed by atoms with Gasteiger partial charge in [0.1, 0.15) is 11.4 Å². The number of nitrogens with zero attached hydrogens (tertiary/aromatic N) is 3. The minimum atomic E-state index is -0.331. The second-order valence-electron chi connectivity index (χ2n) is 7.85. The molecule has 31 heavy (non-hydrogen) atoms. The first kappa shape index (κ1) is 21.4. The Kier molecular flexibility index (Phi) is 6.03. The summed E-state index contributed by atoms with van der Waals surface area (Å²) in [5.41, 5.74) is 2.96. The van der Waals surface area contributed by atoms with Gasteiger partial charge in [0.25, 0.3) is 11.8 Å². The average Bonchev–Trinajstić information content (AvgIpc) is 3.02. The van der Waals surface area contributed by atoms with Gasteiger partial charge in [0.15, 0.2) is 0 Å². The topological polar surface area (TPSA) is 53.1 Å². The third kappa shape index (κ3) is 4.05. The molecule has 162 valence electrons. The predicted octanol–water partition coefficient (Wildman–Crippen LogP) is 3.58. The first-order valence-electron chi connectivity index (χ1n) is 10.5. The molecule has 1 fully saturated rings. The predicted molar refractivity (Wildman–Crippen MR) is 122 cm³/mol. The lowest BCUT2D eigenvalue weighted by Gasteiger charge is -2.34. The van der Waals surface area contributed by atoms with E-state index in [1.807, 2.05) is 49.1 Å². The summed E-state index contributed by atoms with van der Waals surface area (Å²) in [6.45, 7) is 7.41. The number of ether oxygens (including phenoxy) is 1. The van der Waals surface area contributed by atoms with Crippen LogP contribution in [0.4, 0.5) is 5.69 Å². The number of piperazine rings is 1. The number of benzene rings is 2. The smallest absolute Gasteiger partial charge is 0.282 e. The van der Waals surface area contributed by atoms with Crippen molar-refractivity contribution in [2.75, 3.05) is 44.7 Å². The highest BCUT2D eigenvalue weighted by atomic mass is 35.5. The first-order chi connectivity index (χ1) is 14.9. The SMILES string of the molecule is CCOc1ccc(C2=C(N3CCN(C)CC3)C(=O)N(c3ccc(C)c(Cl)c3)C2=O)cc1. The minimum Gasteiger partial charge on any atom is -0.494 e. The Morgan fingerprint density at radius 3 is 2.26 bits per heavy atom. The van der Waals surface area contributed by atoms with Crippen molar-refractivity contribution in [1.82, 2.24) is 9.80 Å². The van der Waals surface area contributed by atoms with Gasteiger partial charge in [-0.2, -0.15) is 0 Å². The number of carbonyl (C=O) groups excluding carboxylic acids is 2. The van der Waals surface area contributed by atoms with Crippen LogP contribution in [0.3, 0.4) is 0 Å². The Bertz CT molecular complexity index is 1040. The van der Waals surface area contributed by atoms with E-state index in [0.29, 0.717) is 47.2 Å². The number of hydrogen-bond donors (Lipinski definition) is 0. The van der Waals surface area contributed by atoms with Gasteiger partial charge in [0.2, 0.25) is 0 Å². The number of aryl methyl sites for hydroxylation is 1. The molecule has 0 aromatic heterocycles. The number of imide groups is 1. The summed E-state index contributed by atoms with van der Waals surface area (Å²) >= 11 is 6.30. The Labute approximate surface area is 187 Å². The zero-order valence-corrected chi connectivity index (χ0v) is 18.8. The van der Waals surface area contributed by atoms with Crippen LogP contribution in [0.25, 0.3) is 5.57 Å². The second-order valence-corrected chi connectivity index (χ2v) is 8.26. The van der Waals surface area contributed by atoms with Crippen LogP contribution in [-0.2, 0) is 9.59 Å². The lowest BCUT2D eigenvalue weighted by Crippen LogP contribution is -2.46. The number of anilines is 1. The highest BCUT2D eigenvalue weighted by molar-refractivity contribution is 6.45. The maximum absolute atomic E-state index is 13.6. The molecule has 2 aromatic carbocycles. The third-order valence-corrected chi connectivity index (χ3v) is 6.15. The largest absolute Gasteiger partial charge is 0.494 e. The number of amides is 2. The Morgan fingerprint density at radius 2 is 1.65 bits per heavy atom. The summed E-state index contributed by atoms with van der Waals surface area (Å²) in [4.78, 5) is 32.6. The standard InChI is InChI=1S/C24H26ClN3O3/c1-4-31-19-9-6-17(7-10-19)21-22(27-13-11-26(3)12-14-27)24(30)28(23(21)29)18-8-5-16(2)20(25)15-18/h5-10,15H,4,11-14H2,1-3H3. The van der Waals surface area contributed by atoms with Crippen molar-refractivity contribution in [3.8, 4) is 5.75 Å². The van der Waals surface area contributed by atoms with Crippen molar-refractivity contribution in [2.24, 2.45) is 0 Å². The molecular formula is C24H26ClN3O3. The molecule has 0 bridgehead atoms. The van der Waals surface area contributed by atoms with E-state index in [0.717, 1.165) is 24.4 Å². The van der Waals surface area contributed by atoms with Crippen LogP contribution in [0.5, 0.6) is 5.75 Å². The van der Waals surface area contributed by atoms with E-state index < -0.39 is 0 Å². The molecule has 2 aliphatic rings. The number of likely N-dealkylation sites (N-methyl/N-ethyl adjacent to an activating group) is 1. The van der Waals surface area contributed by atoms with Crippen molar-refractivity contribution in [1.29, 1.82) is 0 Å². The van der Waals surface area contributed by atoms with Gasteiger partial charge in [-0.3, -0.25) is 9.59 Å². The fourth-order valence-electron chi connectivity index (χ4n) is 3.94. The van der Waals surface area contributed by atoms with E-state index in [-0.39, 0.29) is 11.8 Å². The average molecular weight is 440 g/mol. The highest BCUT2D eigenvalue weighted by Gasteiger charge is 2.43. The van der Waals surface area contributed by atoms with Gasteiger partial charge < -0.3 is 14.5 Å². The van der Waals surface area contributed by atoms with Crippen molar-refractivity contribution in [2.45, 2.75) is 13.8 Å². The molecule has 0 radical (unpaired) electrons. The van der Waals surface area contributed by atoms with Gasteiger partial charge >= 0.3 is 0 Å². The van der Waals surface area contributed by atoms with Crippen LogP contribution in [0.2, 0.25) is 5.02 Å². The van der Waals surface area contributed by atoms with Crippen LogP contribution in [-0.4, -0.2) is 61.4 Å². The molecule has 1 saturated heterocycles. The number of rotatable bonds is 5. The molecule has 0 saturated carbocycles. The summed E-state index contributed by atoms with van der Waals surface area (Å²) in [6, 6.07) is 12.6. The monoisotopic (exact) mass is 439 g/mol. The van der Waals surface area contributed by atoms with E-state index in [9.17, 15) is 9.59 Å². The van der Waals surface area contributed by atoms with Crippen LogP contribution >= 0.6 is 11.6 Å². The lowest BCUT2D eigenvalue weighted by molar-refractivity contribution is -0.120. The van der Waals surface area contributed by atoms with E-state index in [4.69, 9.17) is 16.3 Å². The number of carbonyl (C=O) groups is 2. The van der Waals surface area contributed by atoms with Crippen LogP contribution in [0.1, 0.15) is 18.1 Å². The molecule has 0 N–H and O–H groups in total. The van der Waals surface area contributed by atoms with Crippen LogP contribution < -0.4 is 9.64 Å². The molecule has 0 aliphatic carbocycles. The lowest BCUT2D eigenvalue weighted by atomic mass is 10.0. The maximum atomic E-state index is 13.6. The molecule has 4 rings (SSSR count). The number of halogens is 1. The summed E-state index contributed by atoms with van der Waals surface area (Å²) < 4.78 is 5.53. The van der Waals surface area contributed by atoms with E-state index in [1.165, 1.54) is 4.90 Å². The summed E-state index contributed by atoms with van der Waals surface area (Å²) in [7, 11) is 2.06. The van der Waals surface area contributed by atoms with Crippen molar-refractivity contribution >= 4 is 34.7 Å².